The van der Waals surface area contributed by atoms with Gasteiger partial charge in [-0.25, -0.2) is 4.98 Å². The van der Waals surface area contributed by atoms with Gasteiger partial charge >= 0.3 is 0 Å². The number of hydrogen-bond donors (Lipinski definition) is 2. The predicted molar refractivity (Wildman–Crippen MR) is 65.6 cm³/mol. The van der Waals surface area contributed by atoms with Crippen LogP contribution in [0.25, 0.3) is 0 Å². The SMILES string of the molecule is CC(C)NC(=O)c1ccc(NC(C)C)cn1. The molecule has 0 fully saturated rings. The molecule has 1 amide bonds. The molecule has 4 nitrogen and oxygen atoms in total. The minimum atomic E-state index is -0.133. The van der Waals surface area contributed by atoms with Gasteiger partial charge in [0, 0.05) is 12.1 Å². The second-order valence-corrected chi connectivity index (χ2v) is 4.36. The van der Waals surface area contributed by atoms with E-state index in [2.05, 4.69) is 29.5 Å². The Kier molecular flexibility index (Phi) is 4.28. The first-order chi connectivity index (χ1) is 7.49. The second kappa shape index (κ2) is 5.49. The van der Waals surface area contributed by atoms with Crippen LogP contribution in [-0.2, 0) is 0 Å². The highest BCUT2D eigenvalue weighted by atomic mass is 16.1. The van der Waals surface area contributed by atoms with E-state index in [9.17, 15) is 4.79 Å². The summed E-state index contributed by atoms with van der Waals surface area (Å²) < 4.78 is 0. The van der Waals surface area contributed by atoms with E-state index >= 15 is 0 Å². The lowest BCUT2D eigenvalue weighted by Gasteiger charge is -2.10. The Morgan fingerprint density at radius 2 is 1.88 bits per heavy atom. The molecule has 0 aliphatic heterocycles. The number of carbonyl (C=O) groups is 1. The van der Waals surface area contributed by atoms with E-state index in [1.165, 1.54) is 0 Å². The fourth-order valence-corrected chi connectivity index (χ4v) is 1.28. The van der Waals surface area contributed by atoms with Crippen molar-refractivity contribution in [2.75, 3.05) is 5.32 Å². The molecule has 0 saturated heterocycles. The Morgan fingerprint density at radius 3 is 2.31 bits per heavy atom. The lowest BCUT2D eigenvalue weighted by molar-refractivity contribution is 0.0938. The third-order valence-corrected chi connectivity index (χ3v) is 1.87. The van der Waals surface area contributed by atoms with Crippen molar-refractivity contribution in [3.05, 3.63) is 24.0 Å². The van der Waals surface area contributed by atoms with Crippen LogP contribution in [0.2, 0.25) is 0 Å². The van der Waals surface area contributed by atoms with Gasteiger partial charge in [-0.15, -0.1) is 0 Å². The molecule has 4 heteroatoms. The van der Waals surface area contributed by atoms with Crippen LogP contribution in [0.3, 0.4) is 0 Å². The van der Waals surface area contributed by atoms with Gasteiger partial charge in [-0.1, -0.05) is 0 Å². The molecule has 1 heterocycles. The molecular formula is C12H19N3O. The van der Waals surface area contributed by atoms with Gasteiger partial charge < -0.3 is 10.6 Å². The first kappa shape index (κ1) is 12.5. The van der Waals surface area contributed by atoms with Crippen LogP contribution < -0.4 is 10.6 Å². The summed E-state index contributed by atoms with van der Waals surface area (Å²) in [5.41, 5.74) is 1.37. The fourth-order valence-electron chi connectivity index (χ4n) is 1.28. The van der Waals surface area contributed by atoms with Gasteiger partial charge in [-0.2, -0.15) is 0 Å². The van der Waals surface area contributed by atoms with Gasteiger partial charge in [-0.3, -0.25) is 4.79 Å². The van der Waals surface area contributed by atoms with Crippen molar-refractivity contribution in [1.82, 2.24) is 10.3 Å². The van der Waals surface area contributed by atoms with Crippen LogP contribution in [0.4, 0.5) is 5.69 Å². The number of anilines is 1. The summed E-state index contributed by atoms with van der Waals surface area (Å²) in [6.45, 7) is 7.96. The quantitative estimate of drug-likeness (QED) is 0.818. The molecule has 0 radical (unpaired) electrons. The Balaban J connectivity index is 2.67. The third kappa shape index (κ3) is 3.88. The molecule has 2 N–H and O–H groups in total. The summed E-state index contributed by atoms with van der Waals surface area (Å²) in [6.07, 6.45) is 1.68. The number of pyridine rings is 1. The molecule has 0 unspecified atom stereocenters. The average molecular weight is 221 g/mol. The monoisotopic (exact) mass is 221 g/mol. The van der Waals surface area contributed by atoms with Crippen LogP contribution in [0.1, 0.15) is 38.2 Å². The largest absolute Gasteiger partial charge is 0.382 e. The molecule has 0 aromatic carbocycles. The Morgan fingerprint density at radius 1 is 1.19 bits per heavy atom. The van der Waals surface area contributed by atoms with Crippen molar-refractivity contribution >= 4 is 11.6 Å². The van der Waals surface area contributed by atoms with E-state index in [0.29, 0.717) is 11.7 Å². The van der Waals surface area contributed by atoms with Crippen molar-refractivity contribution in [1.29, 1.82) is 0 Å². The maximum atomic E-state index is 11.6. The van der Waals surface area contributed by atoms with Crippen LogP contribution in [0, 0.1) is 0 Å². The molecule has 0 atom stereocenters. The maximum Gasteiger partial charge on any atom is 0.270 e. The number of aromatic nitrogens is 1. The zero-order valence-electron chi connectivity index (χ0n) is 10.2. The highest BCUT2D eigenvalue weighted by Gasteiger charge is 2.07. The number of rotatable bonds is 4. The van der Waals surface area contributed by atoms with Crippen LogP contribution in [0.15, 0.2) is 18.3 Å². The van der Waals surface area contributed by atoms with E-state index in [-0.39, 0.29) is 11.9 Å². The molecule has 88 valence electrons. The lowest BCUT2D eigenvalue weighted by atomic mass is 10.3. The fraction of sp³-hybridized carbons (Fsp3) is 0.500. The minimum Gasteiger partial charge on any atom is -0.382 e. The minimum absolute atomic E-state index is 0.128. The average Bonchev–Trinajstić information content (AvgIpc) is 2.16. The maximum absolute atomic E-state index is 11.6. The highest BCUT2D eigenvalue weighted by Crippen LogP contribution is 2.07. The molecule has 0 aliphatic carbocycles. The predicted octanol–water partition coefficient (Wildman–Crippen LogP) is 2.04. The number of nitrogens with zero attached hydrogens (tertiary/aromatic N) is 1. The third-order valence-electron chi connectivity index (χ3n) is 1.87. The van der Waals surface area contributed by atoms with E-state index in [1.54, 1.807) is 12.3 Å². The Hall–Kier alpha value is -1.58. The zero-order chi connectivity index (χ0) is 12.1. The molecule has 0 aliphatic rings. The van der Waals surface area contributed by atoms with Gasteiger partial charge in [0.25, 0.3) is 5.91 Å². The summed E-state index contributed by atoms with van der Waals surface area (Å²) in [5.74, 6) is -0.133. The molecule has 1 aromatic heterocycles. The van der Waals surface area contributed by atoms with Gasteiger partial charge in [0.2, 0.25) is 0 Å². The zero-order valence-corrected chi connectivity index (χ0v) is 10.2. The molecule has 0 spiro atoms. The first-order valence-corrected chi connectivity index (χ1v) is 5.52. The number of carbonyl (C=O) groups excluding carboxylic acids is 1. The second-order valence-electron chi connectivity index (χ2n) is 4.36. The molecular weight excluding hydrogens is 202 g/mol. The summed E-state index contributed by atoms with van der Waals surface area (Å²) in [5, 5.41) is 6.01. The van der Waals surface area contributed by atoms with Crippen molar-refractivity contribution in [3.63, 3.8) is 0 Å². The topological polar surface area (TPSA) is 54.0 Å². The normalized spacial score (nSPS) is 10.6. The van der Waals surface area contributed by atoms with Gasteiger partial charge in [-0.05, 0) is 39.8 Å². The van der Waals surface area contributed by atoms with E-state index in [1.807, 2.05) is 19.9 Å². The van der Waals surface area contributed by atoms with E-state index in [4.69, 9.17) is 0 Å². The Labute approximate surface area is 96.5 Å². The number of amides is 1. The number of nitrogens with one attached hydrogen (secondary N) is 2. The highest BCUT2D eigenvalue weighted by molar-refractivity contribution is 5.92. The smallest absolute Gasteiger partial charge is 0.270 e. The summed E-state index contributed by atoms with van der Waals surface area (Å²) >= 11 is 0. The van der Waals surface area contributed by atoms with Crippen molar-refractivity contribution in [3.8, 4) is 0 Å². The van der Waals surface area contributed by atoms with E-state index < -0.39 is 0 Å². The Bertz CT molecular complexity index is 344. The van der Waals surface area contributed by atoms with Gasteiger partial charge in [0.15, 0.2) is 0 Å². The molecule has 0 bridgehead atoms. The van der Waals surface area contributed by atoms with Crippen molar-refractivity contribution < 1.29 is 4.79 Å². The first-order valence-electron chi connectivity index (χ1n) is 5.52. The van der Waals surface area contributed by atoms with Crippen LogP contribution in [0.5, 0.6) is 0 Å². The van der Waals surface area contributed by atoms with Crippen molar-refractivity contribution in [2.45, 2.75) is 39.8 Å². The summed E-state index contributed by atoms with van der Waals surface area (Å²) in [6, 6.07) is 4.07. The van der Waals surface area contributed by atoms with Crippen LogP contribution in [-0.4, -0.2) is 23.0 Å². The number of hydrogen-bond acceptors (Lipinski definition) is 3. The standard InChI is InChI=1S/C12H19N3O/c1-8(2)14-10-5-6-11(13-7-10)12(16)15-9(3)4/h5-9,14H,1-4H3,(H,15,16). The molecule has 1 rings (SSSR count). The van der Waals surface area contributed by atoms with Crippen LogP contribution >= 0.6 is 0 Å². The molecule has 16 heavy (non-hydrogen) atoms. The lowest BCUT2D eigenvalue weighted by Crippen LogP contribution is -2.30. The molecule has 0 saturated carbocycles. The summed E-state index contributed by atoms with van der Waals surface area (Å²) in [7, 11) is 0. The summed E-state index contributed by atoms with van der Waals surface area (Å²) in [4.78, 5) is 15.7. The van der Waals surface area contributed by atoms with Gasteiger partial charge in [0.05, 0.1) is 11.9 Å². The van der Waals surface area contributed by atoms with Gasteiger partial charge in [0.1, 0.15) is 5.69 Å². The van der Waals surface area contributed by atoms with Crippen molar-refractivity contribution in [2.24, 2.45) is 0 Å². The molecule has 1 aromatic rings. The van der Waals surface area contributed by atoms with E-state index in [0.717, 1.165) is 5.69 Å².